The maximum Gasteiger partial charge on any atom is 0.390 e. The average molecular weight is 311 g/mol. The number of alkyl halides is 3. The molecule has 0 aliphatic carbocycles. The largest absolute Gasteiger partial charge is 0.478 e. The number of carboxylic acids is 1. The van der Waals surface area contributed by atoms with Gasteiger partial charge in [-0.05, 0) is 18.2 Å². The molecule has 20 heavy (non-hydrogen) atoms. The fourth-order valence-electron chi connectivity index (χ4n) is 1.26. The molecule has 2 amide bonds. The number of carbonyl (C=O) groups excluding carboxylic acids is 1. The van der Waals surface area contributed by atoms with E-state index in [-0.39, 0.29) is 16.3 Å². The van der Waals surface area contributed by atoms with Gasteiger partial charge in [-0.25, -0.2) is 9.59 Å². The van der Waals surface area contributed by atoms with Crippen LogP contribution < -0.4 is 10.6 Å². The molecule has 9 heteroatoms. The van der Waals surface area contributed by atoms with Crippen LogP contribution in [0.15, 0.2) is 18.2 Å². The summed E-state index contributed by atoms with van der Waals surface area (Å²) in [5, 5.41) is 12.9. The van der Waals surface area contributed by atoms with Crippen LogP contribution in [-0.4, -0.2) is 29.8 Å². The Morgan fingerprint density at radius 1 is 1.30 bits per heavy atom. The first-order valence-corrected chi connectivity index (χ1v) is 5.71. The van der Waals surface area contributed by atoms with E-state index in [1.165, 1.54) is 18.2 Å². The molecule has 0 aliphatic rings. The summed E-state index contributed by atoms with van der Waals surface area (Å²) < 4.78 is 35.6. The zero-order chi connectivity index (χ0) is 15.3. The number of hydrogen-bond donors (Lipinski definition) is 3. The maximum absolute atomic E-state index is 11.9. The van der Waals surface area contributed by atoms with Crippen molar-refractivity contribution in [3.05, 3.63) is 28.8 Å². The van der Waals surface area contributed by atoms with Gasteiger partial charge in [0.15, 0.2) is 0 Å². The van der Waals surface area contributed by atoms with Crippen LogP contribution in [0.2, 0.25) is 5.02 Å². The molecule has 0 aliphatic heterocycles. The standard InChI is InChI=1S/C11H10ClF3N2O3/c12-8-5-6(1-2-7(8)9(18)19)17-10(20)16-4-3-11(13,14)15/h1-2,5H,3-4H2,(H,18,19)(H2,16,17,20). The second-order valence-electron chi connectivity index (χ2n) is 3.75. The van der Waals surface area contributed by atoms with E-state index in [4.69, 9.17) is 16.7 Å². The van der Waals surface area contributed by atoms with Crippen LogP contribution in [0.3, 0.4) is 0 Å². The van der Waals surface area contributed by atoms with Crippen molar-refractivity contribution in [2.24, 2.45) is 0 Å². The first-order valence-electron chi connectivity index (χ1n) is 5.33. The zero-order valence-electron chi connectivity index (χ0n) is 9.92. The van der Waals surface area contributed by atoms with E-state index in [1.807, 2.05) is 5.32 Å². The van der Waals surface area contributed by atoms with Crippen molar-refractivity contribution in [2.75, 3.05) is 11.9 Å². The fourth-order valence-corrected chi connectivity index (χ4v) is 1.52. The van der Waals surface area contributed by atoms with Crippen molar-refractivity contribution in [1.29, 1.82) is 0 Å². The topological polar surface area (TPSA) is 78.4 Å². The van der Waals surface area contributed by atoms with Gasteiger partial charge in [0.25, 0.3) is 0 Å². The van der Waals surface area contributed by atoms with Crippen LogP contribution in [0.5, 0.6) is 0 Å². The number of amides is 2. The van der Waals surface area contributed by atoms with Gasteiger partial charge in [0, 0.05) is 12.2 Å². The number of anilines is 1. The Morgan fingerprint density at radius 2 is 1.95 bits per heavy atom. The van der Waals surface area contributed by atoms with Crippen molar-refractivity contribution in [3.63, 3.8) is 0 Å². The summed E-state index contributed by atoms with van der Waals surface area (Å²) >= 11 is 5.67. The molecule has 0 spiro atoms. The highest BCUT2D eigenvalue weighted by molar-refractivity contribution is 6.33. The molecule has 0 aromatic heterocycles. The number of hydrogen-bond acceptors (Lipinski definition) is 2. The van der Waals surface area contributed by atoms with E-state index in [1.54, 1.807) is 0 Å². The van der Waals surface area contributed by atoms with Crippen molar-refractivity contribution in [1.82, 2.24) is 5.32 Å². The lowest BCUT2D eigenvalue weighted by atomic mass is 10.2. The van der Waals surface area contributed by atoms with Gasteiger partial charge in [-0.15, -0.1) is 0 Å². The van der Waals surface area contributed by atoms with Gasteiger partial charge in [0.1, 0.15) is 0 Å². The number of halogens is 4. The fraction of sp³-hybridized carbons (Fsp3) is 0.273. The molecule has 0 unspecified atom stereocenters. The van der Waals surface area contributed by atoms with Crippen LogP contribution >= 0.6 is 11.6 Å². The Morgan fingerprint density at radius 3 is 2.45 bits per heavy atom. The summed E-state index contributed by atoms with van der Waals surface area (Å²) in [7, 11) is 0. The first kappa shape index (κ1) is 16.1. The maximum atomic E-state index is 11.9. The molecule has 0 saturated heterocycles. The van der Waals surface area contributed by atoms with Gasteiger partial charge in [-0.3, -0.25) is 0 Å². The highest BCUT2D eigenvalue weighted by atomic mass is 35.5. The summed E-state index contributed by atoms with van der Waals surface area (Å²) in [6.07, 6.45) is -5.49. The molecule has 0 atom stereocenters. The Bertz CT molecular complexity index is 520. The van der Waals surface area contributed by atoms with Crippen molar-refractivity contribution < 1.29 is 27.9 Å². The molecule has 110 valence electrons. The van der Waals surface area contributed by atoms with Gasteiger partial charge in [-0.2, -0.15) is 13.2 Å². The summed E-state index contributed by atoms with van der Waals surface area (Å²) in [6.45, 7) is -0.559. The number of rotatable bonds is 4. The monoisotopic (exact) mass is 310 g/mol. The SMILES string of the molecule is O=C(NCCC(F)(F)F)Nc1ccc(C(=O)O)c(Cl)c1. The highest BCUT2D eigenvalue weighted by Crippen LogP contribution is 2.21. The summed E-state index contributed by atoms with van der Waals surface area (Å²) in [5.74, 6) is -1.23. The average Bonchev–Trinajstić information content (AvgIpc) is 2.26. The van der Waals surface area contributed by atoms with Crippen LogP contribution in [0.1, 0.15) is 16.8 Å². The second kappa shape index (κ2) is 6.47. The molecule has 0 saturated carbocycles. The molecule has 0 bridgehead atoms. The molecule has 3 N–H and O–H groups in total. The van der Waals surface area contributed by atoms with Crippen LogP contribution in [0.25, 0.3) is 0 Å². The first-order chi connectivity index (χ1) is 9.19. The lowest BCUT2D eigenvalue weighted by molar-refractivity contribution is -0.132. The predicted molar refractivity (Wildman–Crippen MR) is 66.1 cm³/mol. The van der Waals surface area contributed by atoms with Gasteiger partial charge < -0.3 is 15.7 Å². The lowest BCUT2D eigenvalue weighted by Gasteiger charge is -2.10. The molecule has 0 heterocycles. The number of carbonyl (C=O) groups is 2. The molecular formula is C11H10ClF3N2O3. The van der Waals surface area contributed by atoms with Crippen LogP contribution in [-0.2, 0) is 0 Å². The lowest BCUT2D eigenvalue weighted by Crippen LogP contribution is -2.31. The van der Waals surface area contributed by atoms with E-state index in [2.05, 4.69) is 5.32 Å². The van der Waals surface area contributed by atoms with Crippen molar-refractivity contribution in [3.8, 4) is 0 Å². The highest BCUT2D eigenvalue weighted by Gasteiger charge is 2.26. The normalized spacial score (nSPS) is 11.0. The number of carboxylic acid groups (broad SMARTS) is 1. The minimum absolute atomic E-state index is 0.0920. The van der Waals surface area contributed by atoms with E-state index >= 15 is 0 Å². The number of benzene rings is 1. The van der Waals surface area contributed by atoms with E-state index in [0.717, 1.165) is 0 Å². The summed E-state index contributed by atoms with van der Waals surface area (Å²) in [4.78, 5) is 22.0. The molecule has 1 rings (SSSR count). The van der Waals surface area contributed by atoms with Gasteiger partial charge in [0.2, 0.25) is 0 Å². The molecule has 5 nitrogen and oxygen atoms in total. The number of urea groups is 1. The van der Waals surface area contributed by atoms with Gasteiger partial charge >= 0.3 is 18.2 Å². The molecule has 1 aromatic carbocycles. The Balaban J connectivity index is 2.54. The summed E-state index contributed by atoms with van der Waals surface area (Å²) in [6, 6.07) is 2.80. The van der Waals surface area contributed by atoms with Crippen molar-refractivity contribution in [2.45, 2.75) is 12.6 Å². The minimum Gasteiger partial charge on any atom is -0.478 e. The predicted octanol–water partition coefficient (Wildman–Crippen LogP) is 3.11. The second-order valence-corrected chi connectivity index (χ2v) is 4.15. The Hall–Kier alpha value is -1.96. The molecule has 0 fully saturated rings. The van der Waals surface area contributed by atoms with Crippen molar-refractivity contribution >= 4 is 29.3 Å². The third-order valence-corrected chi connectivity index (χ3v) is 2.46. The quantitative estimate of drug-likeness (QED) is 0.799. The Labute approximate surface area is 116 Å². The van der Waals surface area contributed by atoms with Gasteiger partial charge in [-0.1, -0.05) is 11.6 Å². The molecular weight excluding hydrogens is 301 g/mol. The zero-order valence-corrected chi connectivity index (χ0v) is 10.7. The van der Waals surface area contributed by atoms with Crippen LogP contribution in [0, 0.1) is 0 Å². The van der Waals surface area contributed by atoms with Crippen LogP contribution in [0.4, 0.5) is 23.7 Å². The van der Waals surface area contributed by atoms with E-state index in [0.29, 0.717) is 0 Å². The third-order valence-electron chi connectivity index (χ3n) is 2.15. The number of aromatic carboxylic acids is 1. The van der Waals surface area contributed by atoms with Gasteiger partial charge in [0.05, 0.1) is 17.0 Å². The third kappa shape index (κ3) is 5.35. The molecule has 0 radical (unpaired) electrons. The smallest absolute Gasteiger partial charge is 0.390 e. The molecule has 1 aromatic rings. The Kier molecular flexibility index (Phi) is 5.20. The summed E-state index contributed by atoms with van der Waals surface area (Å²) in [5.41, 5.74) is 0.0270. The minimum atomic E-state index is -4.35. The van der Waals surface area contributed by atoms with E-state index in [9.17, 15) is 22.8 Å². The van der Waals surface area contributed by atoms with E-state index < -0.39 is 31.1 Å². The number of nitrogens with one attached hydrogen (secondary N) is 2.